The molecule has 86 valence electrons. The lowest BCUT2D eigenvalue weighted by Gasteiger charge is -2.22. The van der Waals surface area contributed by atoms with E-state index >= 15 is 0 Å². The molecule has 0 radical (unpaired) electrons. The average molecular weight is 213 g/mol. The van der Waals surface area contributed by atoms with E-state index < -0.39 is 5.60 Å². The number of hydrogen-bond donors (Lipinski definition) is 1. The lowest BCUT2D eigenvalue weighted by molar-refractivity contribution is -0.157. The SMILES string of the molecule is CC(=O)C1CN[C@H](C(=O)OC(C)(C)C)C1. The van der Waals surface area contributed by atoms with E-state index in [1.54, 1.807) is 6.92 Å². The highest BCUT2D eigenvalue weighted by atomic mass is 16.6. The predicted molar refractivity (Wildman–Crippen MR) is 56.4 cm³/mol. The van der Waals surface area contributed by atoms with Gasteiger partial charge in [0.05, 0.1) is 0 Å². The summed E-state index contributed by atoms with van der Waals surface area (Å²) in [6.07, 6.45) is 0.560. The fraction of sp³-hybridized carbons (Fsp3) is 0.818. The van der Waals surface area contributed by atoms with Gasteiger partial charge in [-0.3, -0.25) is 9.59 Å². The molecule has 1 N–H and O–H groups in total. The molecule has 0 aliphatic carbocycles. The minimum absolute atomic E-state index is 0.0393. The molecule has 4 heteroatoms. The maximum absolute atomic E-state index is 11.6. The maximum atomic E-state index is 11.6. The third-order valence-corrected chi connectivity index (χ3v) is 2.40. The Labute approximate surface area is 90.4 Å². The highest BCUT2D eigenvalue weighted by molar-refractivity contribution is 5.82. The molecule has 1 heterocycles. The van der Waals surface area contributed by atoms with Gasteiger partial charge in [-0.05, 0) is 34.1 Å². The third kappa shape index (κ3) is 3.63. The summed E-state index contributed by atoms with van der Waals surface area (Å²) in [7, 11) is 0. The van der Waals surface area contributed by atoms with Crippen molar-refractivity contribution in [2.45, 2.75) is 45.8 Å². The highest BCUT2D eigenvalue weighted by Gasteiger charge is 2.34. The van der Waals surface area contributed by atoms with E-state index in [1.165, 1.54) is 0 Å². The Morgan fingerprint density at radius 1 is 1.33 bits per heavy atom. The Balaban J connectivity index is 2.47. The molecular weight excluding hydrogens is 194 g/mol. The van der Waals surface area contributed by atoms with Crippen LogP contribution in [0.2, 0.25) is 0 Å². The molecule has 0 saturated carbocycles. The fourth-order valence-electron chi connectivity index (χ4n) is 1.60. The zero-order valence-electron chi connectivity index (χ0n) is 9.79. The summed E-state index contributed by atoms with van der Waals surface area (Å²) in [5, 5.41) is 3.01. The molecule has 1 aliphatic heterocycles. The zero-order chi connectivity index (χ0) is 11.6. The molecule has 0 spiro atoms. The van der Waals surface area contributed by atoms with Crippen LogP contribution in [-0.2, 0) is 14.3 Å². The van der Waals surface area contributed by atoms with E-state index in [9.17, 15) is 9.59 Å². The van der Waals surface area contributed by atoms with Crippen LogP contribution >= 0.6 is 0 Å². The molecule has 1 aliphatic rings. The van der Waals surface area contributed by atoms with Crippen LogP contribution in [0.3, 0.4) is 0 Å². The van der Waals surface area contributed by atoms with Crippen LogP contribution in [0.4, 0.5) is 0 Å². The molecule has 1 fully saturated rings. The first kappa shape index (κ1) is 12.2. The minimum Gasteiger partial charge on any atom is -0.459 e. The monoisotopic (exact) mass is 213 g/mol. The van der Waals surface area contributed by atoms with Crippen LogP contribution < -0.4 is 5.32 Å². The van der Waals surface area contributed by atoms with E-state index in [4.69, 9.17) is 4.74 Å². The second kappa shape index (κ2) is 4.31. The lowest BCUT2D eigenvalue weighted by atomic mass is 10.0. The molecule has 0 aromatic carbocycles. The van der Waals surface area contributed by atoms with E-state index in [0.717, 1.165) is 0 Å². The van der Waals surface area contributed by atoms with Crippen molar-refractivity contribution in [1.29, 1.82) is 0 Å². The van der Waals surface area contributed by atoms with Crippen molar-refractivity contribution in [3.05, 3.63) is 0 Å². The van der Waals surface area contributed by atoms with Crippen molar-refractivity contribution in [3.63, 3.8) is 0 Å². The summed E-state index contributed by atoms with van der Waals surface area (Å²) in [4.78, 5) is 22.7. The minimum atomic E-state index is -0.465. The summed E-state index contributed by atoms with van der Waals surface area (Å²) in [6.45, 7) is 7.65. The Morgan fingerprint density at radius 3 is 2.33 bits per heavy atom. The van der Waals surface area contributed by atoms with Gasteiger partial charge in [0.15, 0.2) is 0 Å². The zero-order valence-corrected chi connectivity index (χ0v) is 9.79. The van der Waals surface area contributed by atoms with Crippen molar-refractivity contribution in [2.75, 3.05) is 6.54 Å². The molecule has 0 aromatic rings. The largest absolute Gasteiger partial charge is 0.459 e. The van der Waals surface area contributed by atoms with Gasteiger partial charge in [-0.2, -0.15) is 0 Å². The Kier molecular flexibility index (Phi) is 3.50. The number of hydrogen-bond acceptors (Lipinski definition) is 4. The molecule has 2 atom stereocenters. The van der Waals surface area contributed by atoms with Gasteiger partial charge in [-0.1, -0.05) is 0 Å². The van der Waals surface area contributed by atoms with Crippen LogP contribution in [0.1, 0.15) is 34.1 Å². The van der Waals surface area contributed by atoms with Gasteiger partial charge < -0.3 is 10.1 Å². The van der Waals surface area contributed by atoms with Gasteiger partial charge >= 0.3 is 5.97 Å². The van der Waals surface area contributed by atoms with Crippen molar-refractivity contribution >= 4 is 11.8 Å². The quantitative estimate of drug-likeness (QED) is 0.692. The van der Waals surface area contributed by atoms with Crippen LogP contribution in [0.15, 0.2) is 0 Å². The highest BCUT2D eigenvalue weighted by Crippen LogP contribution is 2.18. The molecule has 1 saturated heterocycles. The number of carbonyl (C=O) groups excluding carboxylic acids is 2. The smallest absolute Gasteiger partial charge is 0.323 e. The summed E-state index contributed by atoms with van der Waals surface area (Å²) < 4.78 is 5.24. The predicted octanol–water partition coefficient (Wildman–Crippen LogP) is 0.895. The van der Waals surface area contributed by atoms with Crippen LogP contribution in [0.25, 0.3) is 0 Å². The second-order valence-electron chi connectivity index (χ2n) is 5.04. The summed E-state index contributed by atoms with van der Waals surface area (Å²) in [6, 6.07) is -0.321. The summed E-state index contributed by atoms with van der Waals surface area (Å²) >= 11 is 0. The number of carbonyl (C=O) groups is 2. The maximum Gasteiger partial charge on any atom is 0.323 e. The van der Waals surface area contributed by atoms with Crippen LogP contribution in [0, 0.1) is 5.92 Å². The Hall–Kier alpha value is -0.900. The second-order valence-corrected chi connectivity index (χ2v) is 5.04. The normalized spacial score (nSPS) is 26.4. The van der Waals surface area contributed by atoms with Crippen molar-refractivity contribution in [1.82, 2.24) is 5.32 Å². The van der Waals surface area contributed by atoms with Gasteiger partial charge in [0.1, 0.15) is 17.4 Å². The fourth-order valence-corrected chi connectivity index (χ4v) is 1.60. The van der Waals surface area contributed by atoms with Gasteiger partial charge in [0, 0.05) is 12.5 Å². The van der Waals surface area contributed by atoms with E-state index in [-0.39, 0.29) is 23.7 Å². The summed E-state index contributed by atoms with van der Waals surface area (Å²) in [5.74, 6) is -0.165. The molecule has 15 heavy (non-hydrogen) atoms. The molecule has 0 aromatic heterocycles. The Morgan fingerprint density at radius 2 is 1.93 bits per heavy atom. The van der Waals surface area contributed by atoms with Crippen molar-refractivity contribution in [3.8, 4) is 0 Å². The molecule has 0 amide bonds. The number of rotatable bonds is 2. The number of nitrogens with one attached hydrogen (secondary N) is 1. The third-order valence-electron chi connectivity index (χ3n) is 2.40. The van der Waals surface area contributed by atoms with Crippen LogP contribution in [0.5, 0.6) is 0 Å². The van der Waals surface area contributed by atoms with E-state index in [0.29, 0.717) is 13.0 Å². The number of ether oxygens (including phenoxy) is 1. The lowest BCUT2D eigenvalue weighted by Crippen LogP contribution is -2.37. The first-order valence-corrected chi connectivity index (χ1v) is 5.26. The molecule has 1 rings (SSSR count). The summed E-state index contributed by atoms with van der Waals surface area (Å²) in [5.41, 5.74) is -0.465. The molecule has 4 nitrogen and oxygen atoms in total. The molecule has 0 bridgehead atoms. The first-order valence-electron chi connectivity index (χ1n) is 5.26. The van der Waals surface area contributed by atoms with Crippen LogP contribution in [-0.4, -0.2) is 29.9 Å². The topological polar surface area (TPSA) is 55.4 Å². The standard InChI is InChI=1S/C11H19NO3/c1-7(13)8-5-9(12-6-8)10(14)15-11(2,3)4/h8-9,12H,5-6H2,1-4H3/t8?,9-/m0/s1. The number of Topliss-reactive ketones (excluding diaryl/α,β-unsaturated/α-hetero) is 1. The van der Waals surface area contributed by atoms with Gasteiger partial charge in [0.25, 0.3) is 0 Å². The molecule has 1 unspecified atom stereocenters. The van der Waals surface area contributed by atoms with Gasteiger partial charge in [0.2, 0.25) is 0 Å². The van der Waals surface area contributed by atoms with E-state index in [2.05, 4.69) is 5.32 Å². The van der Waals surface area contributed by atoms with Gasteiger partial charge in [-0.15, -0.1) is 0 Å². The number of ketones is 1. The van der Waals surface area contributed by atoms with Gasteiger partial charge in [-0.25, -0.2) is 0 Å². The van der Waals surface area contributed by atoms with Crippen molar-refractivity contribution in [2.24, 2.45) is 5.92 Å². The van der Waals surface area contributed by atoms with Crippen molar-refractivity contribution < 1.29 is 14.3 Å². The first-order chi connectivity index (χ1) is 6.79. The number of esters is 1. The molecular formula is C11H19NO3. The Bertz CT molecular complexity index is 267. The average Bonchev–Trinajstić information content (AvgIpc) is 2.47. The van der Waals surface area contributed by atoms with E-state index in [1.807, 2.05) is 20.8 Å².